The molecule has 0 aliphatic carbocycles. The summed E-state index contributed by atoms with van der Waals surface area (Å²) in [6.45, 7) is 14.5. The highest BCUT2D eigenvalue weighted by molar-refractivity contribution is 7.99. The molecule has 11 heteroatoms. The molecule has 1 heterocycles. The summed E-state index contributed by atoms with van der Waals surface area (Å²) in [6, 6.07) is 5.80. The van der Waals surface area contributed by atoms with Crippen LogP contribution < -0.4 is 0 Å². The van der Waals surface area contributed by atoms with Crippen molar-refractivity contribution in [3.63, 3.8) is 0 Å². The summed E-state index contributed by atoms with van der Waals surface area (Å²) >= 11 is 1.47. The lowest BCUT2D eigenvalue weighted by Gasteiger charge is -2.38. The van der Waals surface area contributed by atoms with E-state index in [2.05, 4.69) is 33.9 Å². The van der Waals surface area contributed by atoms with E-state index in [9.17, 15) is 19.7 Å². The van der Waals surface area contributed by atoms with Crippen LogP contribution in [-0.4, -0.2) is 60.1 Å². The number of nitro groups is 1. The number of ether oxygens (including phenoxy) is 2. The van der Waals surface area contributed by atoms with Gasteiger partial charge in [0.25, 0.3) is 5.69 Å². The number of benzene rings is 1. The van der Waals surface area contributed by atoms with Gasteiger partial charge in [-0.15, -0.1) is 11.8 Å². The summed E-state index contributed by atoms with van der Waals surface area (Å²) in [5, 5.41) is 10.9. The number of esters is 1. The van der Waals surface area contributed by atoms with Gasteiger partial charge in [-0.3, -0.25) is 14.9 Å². The van der Waals surface area contributed by atoms with E-state index in [0.717, 1.165) is 0 Å². The molecule has 0 N–H and O–H groups in total. The molecule has 0 radical (unpaired) electrons. The van der Waals surface area contributed by atoms with Crippen molar-refractivity contribution >= 4 is 37.8 Å². The molecule has 0 aromatic heterocycles. The van der Waals surface area contributed by atoms with Crippen molar-refractivity contribution in [2.24, 2.45) is 0 Å². The van der Waals surface area contributed by atoms with E-state index in [1.165, 1.54) is 30.8 Å². The van der Waals surface area contributed by atoms with Crippen molar-refractivity contribution in [1.82, 2.24) is 4.90 Å². The van der Waals surface area contributed by atoms with Crippen LogP contribution in [0.2, 0.25) is 18.1 Å². The van der Waals surface area contributed by atoms with Crippen molar-refractivity contribution in [2.45, 2.75) is 83.4 Å². The average molecular weight is 513 g/mol. The van der Waals surface area contributed by atoms with Crippen LogP contribution in [0.5, 0.6) is 0 Å². The zero-order valence-electron chi connectivity index (χ0n) is 21.0. The Morgan fingerprint density at radius 3 is 2.41 bits per heavy atom. The molecule has 34 heavy (non-hydrogen) atoms. The molecular formula is C23H36N2O7SSi. The van der Waals surface area contributed by atoms with Crippen LogP contribution in [0.15, 0.2) is 24.3 Å². The zero-order chi connectivity index (χ0) is 25.7. The number of likely N-dealkylation sites (tertiary alicyclic amines) is 1. The van der Waals surface area contributed by atoms with Crippen LogP contribution in [0.25, 0.3) is 0 Å². The molecule has 1 aromatic rings. The topological polar surface area (TPSA) is 108 Å². The number of hydrogen-bond acceptors (Lipinski definition) is 8. The quantitative estimate of drug-likeness (QED) is 0.143. The van der Waals surface area contributed by atoms with Crippen molar-refractivity contribution < 1.29 is 28.4 Å². The average Bonchev–Trinajstić information content (AvgIpc) is 3.11. The SMILES string of the molecule is CC(=O)OC(C)SC[C@@H]1C[C@H](O[Si](C)(C)C(C)(C)C)CN1C(=O)OCc1ccc([N+](=O)[O-])cc1. The maximum atomic E-state index is 13.0. The van der Waals surface area contributed by atoms with Gasteiger partial charge in [0.15, 0.2) is 8.32 Å². The molecule has 3 atom stereocenters. The number of nitro benzene ring substituents is 1. The minimum absolute atomic E-state index is 0.0146. The van der Waals surface area contributed by atoms with E-state index >= 15 is 0 Å². The first-order valence-corrected chi connectivity index (χ1v) is 15.3. The molecule has 9 nitrogen and oxygen atoms in total. The lowest BCUT2D eigenvalue weighted by molar-refractivity contribution is -0.384. The number of thioether (sulfide) groups is 1. The predicted molar refractivity (Wildman–Crippen MR) is 134 cm³/mol. The van der Waals surface area contributed by atoms with Gasteiger partial charge in [-0.1, -0.05) is 20.8 Å². The third-order valence-electron chi connectivity index (χ3n) is 6.24. The maximum Gasteiger partial charge on any atom is 0.410 e. The number of non-ortho nitro benzene ring substituents is 1. The van der Waals surface area contributed by atoms with Gasteiger partial charge in [0.05, 0.1) is 11.0 Å². The lowest BCUT2D eigenvalue weighted by Crippen LogP contribution is -2.44. The van der Waals surface area contributed by atoms with Gasteiger partial charge in [0.1, 0.15) is 12.0 Å². The lowest BCUT2D eigenvalue weighted by atomic mass is 10.2. The Balaban J connectivity index is 2.06. The number of rotatable bonds is 9. The fourth-order valence-corrected chi connectivity index (χ4v) is 5.76. The summed E-state index contributed by atoms with van der Waals surface area (Å²) in [4.78, 5) is 36.3. The first kappa shape index (κ1) is 28.1. The zero-order valence-corrected chi connectivity index (χ0v) is 22.8. The fourth-order valence-electron chi connectivity index (χ4n) is 3.39. The van der Waals surface area contributed by atoms with Crippen LogP contribution in [0.1, 0.15) is 46.6 Å². The first-order chi connectivity index (χ1) is 15.7. The second-order valence-electron chi connectivity index (χ2n) is 10.0. The number of amides is 1. The molecule has 1 aromatic carbocycles. The molecular weight excluding hydrogens is 476 g/mol. The molecule has 0 saturated carbocycles. The Kier molecular flexibility index (Phi) is 9.55. The Morgan fingerprint density at radius 2 is 1.88 bits per heavy atom. The standard InChI is InChI=1S/C23H36N2O7SSi/c1-16(26)31-17(2)33-15-20-12-21(32-34(6,7)23(3,4)5)13-24(20)22(27)30-14-18-8-10-19(11-9-18)25(28)29/h8-11,17,20-21H,12-15H2,1-7H3/t17?,20-,21-/m0/s1. The van der Waals surface area contributed by atoms with Crippen LogP contribution in [-0.2, 0) is 25.3 Å². The van der Waals surface area contributed by atoms with Gasteiger partial charge in [-0.05, 0) is 49.2 Å². The monoisotopic (exact) mass is 512 g/mol. The largest absolute Gasteiger partial charge is 0.452 e. The highest BCUT2D eigenvalue weighted by Gasteiger charge is 2.44. The summed E-state index contributed by atoms with van der Waals surface area (Å²) in [6.07, 6.45) is 0.131. The summed E-state index contributed by atoms with van der Waals surface area (Å²) < 4.78 is 17.3. The van der Waals surface area contributed by atoms with E-state index in [-0.39, 0.29) is 40.9 Å². The van der Waals surface area contributed by atoms with E-state index in [4.69, 9.17) is 13.9 Å². The summed E-state index contributed by atoms with van der Waals surface area (Å²) in [5.74, 6) is 0.239. The van der Waals surface area contributed by atoms with E-state index < -0.39 is 19.3 Å². The van der Waals surface area contributed by atoms with E-state index in [1.807, 2.05) is 6.92 Å². The molecule has 1 fully saturated rings. The summed E-state index contributed by atoms with van der Waals surface area (Å²) in [5.41, 5.74) is 0.330. The minimum Gasteiger partial charge on any atom is -0.452 e. The minimum atomic E-state index is -2.03. The van der Waals surface area contributed by atoms with Crippen LogP contribution in [0.4, 0.5) is 10.5 Å². The first-order valence-electron chi connectivity index (χ1n) is 11.3. The number of nitrogens with zero attached hydrogens (tertiary/aromatic N) is 2. The molecule has 1 saturated heterocycles. The third-order valence-corrected chi connectivity index (χ3v) is 11.9. The van der Waals surface area contributed by atoms with E-state index in [1.54, 1.807) is 17.0 Å². The Hall–Kier alpha value is -2.11. The highest BCUT2D eigenvalue weighted by atomic mass is 32.2. The predicted octanol–water partition coefficient (Wildman–Crippen LogP) is 5.34. The number of carbonyl (C=O) groups excluding carboxylic acids is 2. The van der Waals surface area contributed by atoms with Gasteiger partial charge < -0.3 is 18.8 Å². The molecule has 0 bridgehead atoms. The molecule has 1 aliphatic heterocycles. The molecule has 1 aliphatic rings. The molecule has 0 spiro atoms. The maximum absolute atomic E-state index is 13.0. The smallest absolute Gasteiger partial charge is 0.410 e. The Labute approximate surface area is 206 Å². The van der Waals surface area contributed by atoms with Crippen LogP contribution in [0.3, 0.4) is 0 Å². The Morgan fingerprint density at radius 1 is 1.26 bits per heavy atom. The molecule has 1 unspecified atom stereocenters. The normalized spacial score (nSPS) is 19.6. The summed E-state index contributed by atoms with van der Waals surface area (Å²) in [7, 11) is -2.03. The second-order valence-corrected chi connectivity index (χ2v) is 16.1. The van der Waals surface area contributed by atoms with Crippen LogP contribution >= 0.6 is 11.8 Å². The third kappa shape index (κ3) is 7.98. The fraction of sp³-hybridized carbons (Fsp3) is 0.652. The van der Waals surface area contributed by atoms with Gasteiger partial charge >= 0.3 is 12.1 Å². The van der Waals surface area contributed by atoms with Crippen molar-refractivity contribution in [1.29, 1.82) is 0 Å². The van der Waals surface area contributed by atoms with Gasteiger partial charge in [0, 0.05) is 37.4 Å². The van der Waals surface area contributed by atoms with Crippen LogP contribution in [0, 0.1) is 10.1 Å². The van der Waals surface area contributed by atoms with Gasteiger partial charge in [0.2, 0.25) is 0 Å². The second kappa shape index (κ2) is 11.5. The Bertz CT molecular complexity index is 873. The number of hydrogen-bond donors (Lipinski definition) is 0. The van der Waals surface area contributed by atoms with Crippen molar-refractivity contribution in [2.75, 3.05) is 12.3 Å². The van der Waals surface area contributed by atoms with Crippen molar-refractivity contribution in [3.8, 4) is 0 Å². The van der Waals surface area contributed by atoms with E-state index in [0.29, 0.717) is 24.3 Å². The molecule has 190 valence electrons. The highest BCUT2D eigenvalue weighted by Crippen LogP contribution is 2.39. The number of carbonyl (C=O) groups is 2. The van der Waals surface area contributed by atoms with Gasteiger partial charge in [-0.2, -0.15) is 0 Å². The molecule has 1 amide bonds. The molecule has 2 rings (SSSR count). The van der Waals surface area contributed by atoms with Crippen molar-refractivity contribution in [3.05, 3.63) is 39.9 Å². The van der Waals surface area contributed by atoms with Gasteiger partial charge in [-0.25, -0.2) is 4.79 Å².